The van der Waals surface area contributed by atoms with Gasteiger partial charge in [-0.3, -0.25) is 0 Å². The third-order valence-corrected chi connectivity index (χ3v) is 0.204. The zero-order chi connectivity index (χ0) is 3.41. The largest absolute Gasteiger partial charge is 0.417 e. The van der Waals surface area contributed by atoms with E-state index in [1.54, 1.807) is 7.11 Å². The first-order chi connectivity index (χ1) is 1.91. The average Bonchev–Trinajstić information content (AvgIpc) is 1.37. The molecular weight excluding hydrogens is 141 g/mol. The topological polar surface area (TPSA) is 9.23 Å². The van der Waals surface area contributed by atoms with Gasteiger partial charge in [0, 0.05) is 39.8 Å². The van der Waals surface area contributed by atoms with Crippen molar-refractivity contribution < 1.29 is 37.4 Å². The molecule has 2 heteroatoms. The van der Waals surface area contributed by atoms with Crippen LogP contribution >= 0.6 is 0 Å². The summed E-state index contributed by atoms with van der Waals surface area (Å²) in [7, 11) is 1.62. The first-order valence-corrected chi connectivity index (χ1v) is 1.20. The van der Waals surface area contributed by atoms with Crippen LogP contribution in [0.5, 0.6) is 0 Å². The molecule has 0 aromatic carbocycles. The van der Waals surface area contributed by atoms with Crippen LogP contribution in [0.1, 0.15) is 0 Å². The molecular formula is C3H7OY-. The van der Waals surface area contributed by atoms with Crippen LogP contribution in [-0.2, 0) is 37.4 Å². The van der Waals surface area contributed by atoms with E-state index in [4.69, 9.17) is 0 Å². The van der Waals surface area contributed by atoms with E-state index in [0.717, 1.165) is 0 Å². The van der Waals surface area contributed by atoms with Crippen LogP contribution in [0.15, 0.2) is 0 Å². The molecule has 0 fully saturated rings. The SMILES string of the molecule is [CH2-]COC.[Y]. The minimum atomic E-state index is 0. The van der Waals surface area contributed by atoms with Crippen LogP contribution in [0.4, 0.5) is 0 Å². The Kier molecular flexibility index (Phi) is 16.8. The summed E-state index contributed by atoms with van der Waals surface area (Å²) < 4.78 is 4.43. The third-order valence-electron chi connectivity index (χ3n) is 0.204. The van der Waals surface area contributed by atoms with Crippen LogP contribution in [0, 0.1) is 6.92 Å². The van der Waals surface area contributed by atoms with Gasteiger partial charge in [-0.15, -0.1) is 0 Å². The van der Waals surface area contributed by atoms with Gasteiger partial charge in [-0.1, -0.05) is 6.61 Å². The minimum absolute atomic E-state index is 0. The standard InChI is InChI=1S/C3H7O.Y/c1-3-4-2;/h1,3H2,2H3;/q-1;. The zero-order valence-corrected chi connectivity index (χ0v) is 6.24. The zero-order valence-electron chi connectivity index (χ0n) is 3.40. The van der Waals surface area contributed by atoms with Gasteiger partial charge in [0.05, 0.1) is 0 Å². The molecule has 0 saturated carbocycles. The van der Waals surface area contributed by atoms with E-state index < -0.39 is 0 Å². The number of hydrogen-bond donors (Lipinski definition) is 0. The summed E-state index contributed by atoms with van der Waals surface area (Å²) in [5, 5.41) is 0. The Morgan fingerprint density at radius 3 is 2.00 bits per heavy atom. The van der Waals surface area contributed by atoms with Crippen LogP contribution in [0.2, 0.25) is 0 Å². The second kappa shape index (κ2) is 8.91. The van der Waals surface area contributed by atoms with Gasteiger partial charge in [0.2, 0.25) is 0 Å². The van der Waals surface area contributed by atoms with E-state index in [9.17, 15) is 0 Å². The summed E-state index contributed by atoms with van der Waals surface area (Å²) in [5.41, 5.74) is 0. The fourth-order valence-corrected chi connectivity index (χ4v) is 0. The maximum Gasteiger partial charge on any atom is 0.0319 e. The first-order valence-electron chi connectivity index (χ1n) is 1.20. The Bertz CT molecular complexity index is 8.85. The van der Waals surface area contributed by atoms with Crippen LogP contribution in [-0.4, -0.2) is 13.7 Å². The fourth-order valence-electron chi connectivity index (χ4n) is 0. The molecule has 0 rings (SSSR count). The second-order valence-corrected chi connectivity index (χ2v) is 0.493. The number of rotatable bonds is 1. The normalized spacial score (nSPS) is 6.00. The number of methoxy groups -OCH3 is 1. The van der Waals surface area contributed by atoms with Gasteiger partial charge >= 0.3 is 0 Å². The van der Waals surface area contributed by atoms with Gasteiger partial charge in [-0.2, -0.15) is 0 Å². The molecule has 0 unspecified atom stereocenters. The maximum absolute atomic E-state index is 4.43. The van der Waals surface area contributed by atoms with Crippen molar-refractivity contribution in [2.24, 2.45) is 0 Å². The summed E-state index contributed by atoms with van der Waals surface area (Å²) in [6.07, 6.45) is 0. The van der Waals surface area contributed by atoms with E-state index in [1.165, 1.54) is 0 Å². The molecule has 0 aliphatic carbocycles. The molecule has 1 radical (unpaired) electrons. The Balaban J connectivity index is 0. The van der Waals surface area contributed by atoms with Crippen molar-refractivity contribution in [1.82, 2.24) is 0 Å². The van der Waals surface area contributed by atoms with E-state index in [1.807, 2.05) is 0 Å². The maximum atomic E-state index is 4.43. The first kappa shape index (κ1) is 9.42. The van der Waals surface area contributed by atoms with Gasteiger partial charge < -0.3 is 11.7 Å². The summed E-state index contributed by atoms with van der Waals surface area (Å²) >= 11 is 0. The number of hydrogen-bond acceptors (Lipinski definition) is 1. The van der Waals surface area contributed by atoms with Gasteiger partial charge in [0.25, 0.3) is 0 Å². The fraction of sp³-hybridized carbons (Fsp3) is 0.667. The van der Waals surface area contributed by atoms with Crippen molar-refractivity contribution in [2.75, 3.05) is 13.7 Å². The van der Waals surface area contributed by atoms with Crippen molar-refractivity contribution in [3.05, 3.63) is 6.92 Å². The molecule has 0 aromatic rings. The molecule has 1 nitrogen and oxygen atoms in total. The Hall–Kier alpha value is 1.06. The quantitative estimate of drug-likeness (QED) is 0.491. The van der Waals surface area contributed by atoms with Crippen molar-refractivity contribution in [1.29, 1.82) is 0 Å². The van der Waals surface area contributed by atoms with E-state index in [0.29, 0.717) is 6.61 Å². The molecule has 0 heterocycles. The predicted octanol–water partition coefficient (Wildman–Crippen LogP) is 0.464. The Labute approximate surface area is 58.0 Å². The molecule has 5 heavy (non-hydrogen) atoms. The van der Waals surface area contributed by atoms with Crippen molar-refractivity contribution in [3.63, 3.8) is 0 Å². The summed E-state index contributed by atoms with van der Waals surface area (Å²) in [4.78, 5) is 0. The molecule has 29 valence electrons. The monoisotopic (exact) mass is 148 g/mol. The van der Waals surface area contributed by atoms with E-state index >= 15 is 0 Å². The minimum Gasteiger partial charge on any atom is -0.417 e. The van der Waals surface area contributed by atoms with Crippen molar-refractivity contribution in [2.45, 2.75) is 0 Å². The number of ether oxygens (including phenoxy) is 1. The molecule has 0 amide bonds. The van der Waals surface area contributed by atoms with Crippen molar-refractivity contribution >= 4 is 0 Å². The molecule has 0 aliphatic rings. The van der Waals surface area contributed by atoms with Crippen molar-refractivity contribution in [3.8, 4) is 0 Å². The molecule has 0 bridgehead atoms. The van der Waals surface area contributed by atoms with Crippen LogP contribution < -0.4 is 0 Å². The van der Waals surface area contributed by atoms with Crippen LogP contribution in [0.25, 0.3) is 0 Å². The van der Waals surface area contributed by atoms with E-state index in [-0.39, 0.29) is 32.7 Å². The molecule has 0 N–H and O–H groups in total. The predicted molar refractivity (Wildman–Crippen MR) is 17.2 cm³/mol. The van der Waals surface area contributed by atoms with E-state index in [2.05, 4.69) is 11.7 Å². The molecule has 0 atom stereocenters. The molecule has 0 aromatic heterocycles. The smallest absolute Gasteiger partial charge is 0.0319 e. The Morgan fingerprint density at radius 2 is 2.00 bits per heavy atom. The average molecular weight is 148 g/mol. The second-order valence-electron chi connectivity index (χ2n) is 0.493. The summed E-state index contributed by atoms with van der Waals surface area (Å²) in [6.45, 7) is 3.95. The Morgan fingerprint density at radius 1 is 1.80 bits per heavy atom. The molecule has 0 saturated heterocycles. The molecule has 0 spiro atoms. The van der Waals surface area contributed by atoms with Crippen LogP contribution in [0.3, 0.4) is 0 Å². The van der Waals surface area contributed by atoms with Gasteiger partial charge in [0.15, 0.2) is 0 Å². The summed E-state index contributed by atoms with van der Waals surface area (Å²) in [5.74, 6) is 0. The summed E-state index contributed by atoms with van der Waals surface area (Å²) in [6, 6.07) is 0. The van der Waals surface area contributed by atoms with Gasteiger partial charge in [-0.25, -0.2) is 0 Å². The third kappa shape index (κ3) is 11.2. The van der Waals surface area contributed by atoms with Gasteiger partial charge in [0.1, 0.15) is 0 Å². The van der Waals surface area contributed by atoms with Gasteiger partial charge in [-0.05, 0) is 0 Å². The molecule has 0 aliphatic heterocycles.